The minimum atomic E-state index is -0.557. The van der Waals surface area contributed by atoms with Gasteiger partial charge in [0, 0.05) is 11.3 Å². The number of anilines is 1. The first-order valence-electron chi connectivity index (χ1n) is 6.37. The van der Waals surface area contributed by atoms with Crippen molar-refractivity contribution in [1.82, 2.24) is 0 Å². The summed E-state index contributed by atoms with van der Waals surface area (Å²) in [5.74, 6) is -1.06. The molecule has 0 heterocycles. The number of ether oxygens (including phenoxy) is 1. The lowest BCUT2D eigenvalue weighted by Gasteiger charge is -2.11. The normalized spacial score (nSPS) is 10.5. The predicted molar refractivity (Wildman–Crippen MR) is 80.9 cm³/mol. The summed E-state index contributed by atoms with van der Waals surface area (Å²) in [6.45, 7) is 3.42. The molecule has 0 atom stereocenters. The van der Waals surface area contributed by atoms with Crippen LogP contribution in [0.5, 0.6) is 0 Å². The van der Waals surface area contributed by atoms with Crippen molar-refractivity contribution < 1.29 is 13.9 Å². The Balaban J connectivity index is 2.18. The Bertz CT molecular complexity index is 681. The van der Waals surface area contributed by atoms with Crippen LogP contribution >= 0.6 is 11.6 Å². The van der Waals surface area contributed by atoms with E-state index in [2.05, 4.69) is 0 Å². The molecule has 0 bridgehead atoms. The SMILES string of the molecule is Cc1cc(C)c(C(=O)OCc2c(F)cccc2Cl)cc1N. The number of nitrogen functional groups attached to an aromatic ring is 1. The number of benzene rings is 2. The number of hydrogen-bond acceptors (Lipinski definition) is 3. The molecule has 2 rings (SSSR count). The van der Waals surface area contributed by atoms with Gasteiger partial charge in [-0.15, -0.1) is 0 Å². The van der Waals surface area contributed by atoms with Gasteiger partial charge in [0.15, 0.2) is 0 Å². The molecular weight excluding hydrogens is 293 g/mol. The molecule has 0 aliphatic carbocycles. The number of halogens is 2. The second-order valence-electron chi connectivity index (χ2n) is 4.80. The summed E-state index contributed by atoms with van der Waals surface area (Å²) in [5.41, 5.74) is 8.47. The van der Waals surface area contributed by atoms with Gasteiger partial charge in [-0.05, 0) is 43.2 Å². The maximum atomic E-state index is 13.6. The lowest BCUT2D eigenvalue weighted by Crippen LogP contribution is -2.09. The van der Waals surface area contributed by atoms with Crippen molar-refractivity contribution in [3.05, 3.63) is 63.4 Å². The van der Waals surface area contributed by atoms with Gasteiger partial charge in [0.05, 0.1) is 10.6 Å². The number of esters is 1. The molecule has 0 radical (unpaired) electrons. The number of aryl methyl sites for hydroxylation is 2. The zero-order valence-corrected chi connectivity index (χ0v) is 12.5. The third kappa shape index (κ3) is 3.34. The summed E-state index contributed by atoms with van der Waals surface area (Å²) in [5, 5.41) is 0.225. The van der Waals surface area contributed by atoms with Crippen molar-refractivity contribution in [3.8, 4) is 0 Å². The summed E-state index contributed by atoms with van der Waals surface area (Å²) in [6, 6.07) is 7.68. The summed E-state index contributed by atoms with van der Waals surface area (Å²) in [6.07, 6.45) is 0. The van der Waals surface area contributed by atoms with Gasteiger partial charge in [0.2, 0.25) is 0 Å². The van der Waals surface area contributed by atoms with Gasteiger partial charge in [-0.2, -0.15) is 0 Å². The molecule has 0 aromatic heterocycles. The number of nitrogens with two attached hydrogens (primary N) is 1. The van der Waals surface area contributed by atoms with Crippen LogP contribution in [0.1, 0.15) is 27.0 Å². The molecular formula is C16H15ClFNO2. The van der Waals surface area contributed by atoms with Crippen LogP contribution in [-0.2, 0) is 11.3 Å². The first-order chi connectivity index (χ1) is 9.90. The van der Waals surface area contributed by atoms with Crippen LogP contribution in [-0.4, -0.2) is 5.97 Å². The summed E-state index contributed by atoms with van der Waals surface area (Å²) in [4.78, 5) is 12.1. The van der Waals surface area contributed by atoms with Crippen LogP contribution < -0.4 is 5.73 Å². The van der Waals surface area contributed by atoms with E-state index in [0.717, 1.165) is 11.1 Å². The van der Waals surface area contributed by atoms with E-state index in [1.54, 1.807) is 19.1 Å². The third-order valence-electron chi connectivity index (χ3n) is 3.24. The zero-order valence-electron chi connectivity index (χ0n) is 11.7. The molecule has 0 aliphatic rings. The largest absolute Gasteiger partial charge is 0.457 e. The van der Waals surface area contributed by atoms with Gasteiger partial charge < -0.3 is 10.5 Å². The summed E-state index contributed by atoms with van der Waals surface area (Å²) < 4.78 is 18.7. The first kappa shape index (κ1) is 15.3. The van der Waals surface area contributed by atoms with Gasteiger partial charge in [-0.1, -0.05) is 23.7 Å². The highest BCUT2D eigenvalue weighted by atomic mass is 35.5. The third-order valence-corrected chi connectivity index (χ3v) is 3.60. The molecule has 0 saturated carbocycles. The molecule has 5 heteroatoms. The monoisotopic (exact) mass is 307 g/mol. The van der Waals surface area contributed by atoms with Gasteiger partial charge in [0.1, 0.15) is 12.4 Å². The van der Waals surface area contributed by atoms with Crippen molar-refractivity contribution in [3.63, 3.8) is 0 Å². The van der Waals surface area contributed by atoms with Crippen molar-refractivity contribution in [2.75, 3.05) is 5.73 Å². The highest BCUT2D eigenvalue weighted by Crippen LogP contribution is 2.22. The quantitative estimate of drug-likeness (QED) is 0.688. The fraction of sp³-hybridized carbons (Fsp3) is 0.188. The van der Waals surface area contributed by atoms with Gasteiger partial charge in [0.25, 0.3) is 0 Å². The lowest BCUT2D eigenvalue weighted by atomic mass is 10.0. The van der Waals surface area contributed by atoms with E-state index in [-0.39, 0.29) is 17.2 Å². The maximum Gasteiger partial charge on any atom is 0.338 e. The number of carbonyl (C=O) groups is 1. The highest BCUT2D eigenvalue weighted by Gasteiger charge is 2.15. The maximum absolute atomic E-state index is 13.6. The molecule has 2 aromatic rings. The van der Waals surface area contributed by atoms with Crippen LogP contribution in [0.25, 0.3) is 0 Å². The van der Waals surface area contributed by atoms with Crippen LogP contribution in [0.15, 0.2) is 30.3 Å². The van der Waals surface area contributed by atoms with Crippen molar-refractivity contribution in [2.45, 2.75) is 20.5 Å². The van der Waals surface area contributed by atoms with Gasteiger partial charge >= 0.3 is 5.97 Å². The first-order valence-corrected chi connectivity index (χ1v) is 6.74. The summed E-state index contributed by atoms with van der Waals surface area (Å²) in [7, 11) is 0. The minimum Gasteiger partial charge on any atom is -0.457 e. The van der Waals surface area contributed by atoms with E-state index in [4.69, 9.17) is 22.1 Å². The van der Waals surface area contributed by atoms with Crippen LogP contribution in [0, 0.1) is 19.7 Å². The fourth-order valence-corrected chi connectivity index (χ4v) is 2.19. The van der Waals surface area contributed by atoms with Crippen LogP contribution in [0.2, 0.25) is 5.02 Å². The Hall–Kier alpha value is -2.07. The zero-order chi connectivity index (χ0) is 15.6. The van der Waals surface area contributed by atoms with Crippen molar-refractivity contribution >= 4 is 23.3 Å². The Morgan fingerprint density at radius 3 is 2.67 bits per heavy atom. The topological polar surface area (TPSA) is 52.3 Å². The highest BCUT2D eigenvalue weighted by molar-refractivity contribution is 6.31. The minimum absolute atomic E-state index is 0.158. The molecule has 0 spiro atoms. The standard InChI is InChI=1S/C16H15ClFNO2/c1-9-6-10(2)15(19)7-11(9)16(20)21-8-12-13(17)4-3-5-14(12)18/h3-7H,8,19H2,1-2H3. The van der Waals surface area contributed by atoms with Gasteiger partial charge in [-0.3, -0.25) is 0 Å². The Morgan fingerprint density at radius 1 is 1.29 bits per heavy atom. The fourth-order valence-electron chi connectivity index (χ4n) is 1.97. The molecule has 0 amide bonds. The Kier molecular flexibility index (Phi) is 4.48. The van der Waals surface area contributed by atoms with Crippen LogP contribution in [0.3, 0.4) is 0 Å². The molecule has 21 heavy (non-hydrogen) atoms. The van der Waals surface area contributed by atoms with Crippen LogP contribution in [0.4, 0.5) is 10.1 Å². The van der Waals surface area contributed by atoms with Crippen molar-refractivity contribution in [2.24, 2.45) is 0 Å². The van der Waals surface area contributed by atoms with E-state index in [1.165, 1.54) is 12.1 Å². The van der Waals surface area contributed by atoms with Gasteiger partial charge in [-0.25, -0.2) is 9.18 Å². The number of rotatable bonds is 3. The molecule has 2 N–H and O–H groups in total. The number of carbonyl (C=O) groups excluding carboxylic acids is 1. The van der Waals surface area contributed by atoms with E-state index >= 15 is 0 Å². The average molecular weight is 308 g/mol. The number of hydrogen-bond donors (Lipinski definition) is 1. The second kappa shape index (κ2) is 6.14. The van der Waals surface area contributed by atoms with E-state index in [0.29, 0.717) is 11.3 Å². The Labute approximate surface area is 127 Å². The molecule has 0 fully saturated rings. The van der Waals surface area contributed by atoms with Crippen molar-refractivity contribution in [1.29, 1.82) is 0 Å². The molecule has 0 aliphatic heterocycles. The summed E-state index contributed by atoms with van der Waals surface area (Å²) >= 11 is 5.88. The Morgan fingerprint density at radius 2 is 2.00 bits per heavy atom. The predicted octanol–water partition coefficient (Wildman–Crippen LogP) is 4.04. The van der Waals surface area contributed by atoms with E-state index in [9.17, 15) is 9.18 Å². The molecule has 3 nitrogen and oxygen atoms in total. The molecule has 0 saturated heterocycles. The smallest absolute Gasteiger partial charge is 0.338 e. The average Bonchev–Trinajstić information content (AvgIpc) is 2.42. The molecule has 110 valence electrons. The lowest BCUT2D eigenvalue weighted by molar-refractivity contribution is 0.0468. The van der Waals surface area contributed by atoms with E-state index in [1.807, 2.05) is 13.0 Å². The molecule has 2 aromatic carbocycles. The second-order valence-corrected chi connectivity index (χ2v) is 5.21. The van der Waals surface area contributed by atoms with E-state index < -0.39 is 11.8 Å². The molecule has 0 unspecified atom stereocenters.